The maximum Gasteiger partial charge on any atom is 0.251 e. The lowest BCUT2D eigenvalue weighted by Gasteiger charge is -2.24. The third-order valence-electron chi connectivity index (χ3n) is 3.86. The number of carbonyl (C=O) groups is 2. The standard InChI is InChI=1S/C20H22N2O3/c1-3-18(23)21-13-15-9-11-16(12-10-15)19(24)22-14-20(2,25)17-7-5-4-6-8-17/h3-12,25H,1,13-14H2,2H3,(H,21,23)(H,22,24). The van der Waals surface area contributed by atoms with E-state index < -0.39 is 5.60 Å². The van der Waals surface area contributed by atoms with Crippen LogP contribution in [0.4, 0.5) is 0 Å². The molecule has 0 aromatic heterocycles. The van der Waals surface area contributed by atoms with Crippen LogP contribution in [-0.2, 0) is 16.9 Å². The van der Waals surface area contributed by atoms with E-state index in [1.807, 2.05) is 30.3 Å². The zero-order valence-electron chi connectivity index (χ0n) is 14.2. The lowest BCUT2D eigenvalue weighted by Crippen LogP contribution is -2.38. The van der Waals surface area contributed by atoms with Crippen LogP contribution in [0.2, 0.25) is 0 Å². The Kier molecular flexibility index (Phi) is 6.08. The molecule has 0 fully saturated rings. The van der Waals surface area contributed by atoms with Crippen molar-refractivity contribution >= 4 is 11.8 Å². The minimum Gasteiger partial charge on any atom is -0.384 e. The lowest BCUT2D eigenvalue weighted by molar-refractivity contribution is -0.116. The fraction of sp³-hybridized carbons (Fsp3) is 0.200. The summed E-state index contributed by atoms with van der Waals surface area (Å²) >= 11 is 0. The number of nitrogens with one attached hydrogen (secondary N) is 2. The monoisotopic (exact) mass is 338 g/mol. The summed E-state index contributed by atoms with van der Waals surface area (Å²) in [5.41, 5.74) is 0.959. The third kappa shape index (κ3) is 5.29. The molecule has 2 rings (SSSR count). The Balaban J connectivity index is 1.92. The molecule has 25 heavy (non-hydrogen) atoms. The molecule has 5 heteroatoms. The van der Waals surface area contributed by atoms with E-state index in [0.29, 0.717) is 12.1 Å². The molecule has 5 nitrogen and oxygen atoms in total. The van der Waals surface area contributed by atoms with Gasteiger partial charge in [-0.25, -0.2) is 0 Å². The van der Waals surface area contributed by atoms with Gasteiger partial charge in [-0.3, -0.25) is 9.59 Å². The van der Waals surface area contributed by atoms with E-state index in [0.717, 1.165) is 11.1 Å². The predicted molar refractivity (Wildman–Crippen MR) is 96.8 cm³/mol. The van der Waals surface area contributed by atoms with E-state index in [1.165, 1.54) is 6.08 Å². The maximum atomic E-state index is 12.2. The number of rotatable bonds is 7. The highest BCUT2D eigenvalue weighted by atomic mass is 16.3. The van der Waals surface area contributed by atoms with Crippen LogP contribution >= 0.6 is 0 Å². The second-order valence-corrected chi connectivity index (χ2v) is 5.94. The van der Waals surface area contributed by atoms with Gasteiger partial charge in [-0.1, -0.05) is 49.0 Å². The van der Waals surface area contributed by atoms with Gasteiger partial charge < -0.3 is 15.7 Å². The van der Waals surface area contributed by atoms with Crippen molar-refractivity contribution in [2.75, 3.05) is 6.54 Å². The molecule has 1 atom stereocenters. The second kappa shape index (κ2) is 8.26. The number of aliphatic hydroxyl groups is 1. The maximum absolute atomic E-state index is 12.2. The molecule has 1 unspecified atom stereocenters. The molecule has 130 valence electrons. The Labute approximate surface area is 147 Å². The zero-order chi connectivity index (χ0) is 18.3. The SMILES string of the molecule is C=CC(=O)NCc1ccc(C(=O)NCC(C)(O)c2ccccc2)cc1. The van der Waals surface area contributed by atoms with E-state index in [4.69, 9.17) is 0 Å². The number of amides is 2. The summed E-state index contributed by atoms with van der Waals surface area (Å²) in [6.07, 6.45) is 1.21. The number of carbonyl (C=O) groups excluding carboxylic acids is 2. The van der Waals surface area contributed by atoms with Gasteiger partial charge >= 0.3 is 0 Å². The molecular formula is C20H22N2O3. The molecule has 0 saturated heterocycles. The van der Waals surface area contributed by atoms with Crippen molar-refractivity contribution in [3.05, 3.63) is 83.9 Å². The highest BCUT2D eigenvalue weighted by molar-refractivity contribution is 5.94. The van der Waals surface area contributed by atoms with E-state index in [1.54, 1.807) is 31.2 Å². The third-order valence-corrected chi connectivity index (χ3v) is 3.86. The van der Waals surface area contributed by atoms with Gasteiger partial charge in [-0.2, -0.15) is 0 Å². The molecule has 3 N–H and O–H groups in total. The fourth-order valence-electron chi connectivity index (χ4n) is 2.29. The predicted octanol–water partition coefficient (Wildman–Crippen LogP) is 2.13. The van der Waals surface area contributed by atoms with Gasteiger partial charge in [-0.15, -0.1) is 0 Å². The molecule has 0 radical (unpaired) electrons. The van der Waals surface area contributed by atoms with Crippen molar-refractivity contribution in [2.24, 2.45) is 0 Å². The second-order valence-electron chi connectivity index (χ2n) is 5.94. The van der Waals surface area contributed by atoms with Crippen LogP contribution in [0.3, 0.4) is 0 Å². The first-order valence-electron chi connectivity index (χ1n) is 7.98. The molecule has 2 aromatic carbocycles. The van der Waals surface area contributed by atoms with E-state index in [2.05, 4.69) is 17.2 Å². The Morgan fingerprint density at radius 3 is 2.32 bits per heavy atom. The highest BCUT2D eigenvalue weighted by Gasteiger charge is 2.23. The summed E-state index contributed by atoms with van der Waals surface area (Å²) in [5, 5.41) is 15.9. The van der Waals surface area contributed by atoms with Crippen molar-refractivity contribution in [1.29, 1.82) is 0 Å². The lowest BCUT2D eigenvalue weighted by atomic mass is 9.96. The molecule has 2 amide bonds. The van der Waals surface area contributed by atoms with Crippen LogP contribution in [0, 0.1) is 0 Å². The average Bonchev–Trinajstić information content (AvgIpc) is 2.65. The van der Waals surface area contributed by atoms with Crippen LogP contribution in [0.1, 0.15) is 28.4 Å². The van der Waals surface area contributed by atoms with Crippen LogP contribution in [0.5, 0.6) is 0 Å². The Bertz CT molecular complexity index is 737. The Morgan fingerprint density at radius 1 is 1.08 bits per heavy atom. The van der Waals surface area contributed by atoms with Crippen LogP contribution in [-0.4, -0.2) is 23.5 Å². The van der Waals surface area contributed by atoms with Crippen LogP contribution in [0.25, 0.3) is 0 Å². The van der Waals surface area contributed by atoms with Gasteiger partial charge in [-0.05, 0) is 36.3 Å². The topological polar surface area (TPSA) is 78.4 Å². The number of hydrogen-bond acceptors (Lipinski definition) is 3. The number of benzene rings is 2. The Morgan fingerprint density at radius 2 is 1.72 bits per heavy atom. The van der Waals surface area contributed by atoms with Crippen molar-refractivity contribution in [3.8, 4) is 0 Å². The van der Waals surface area contributed by atoms with Crippen molar-refractivity contribution < 1.29 is 14.7 Å². The van der Waals surface area contributed by atoms with Crippen molar-refractivity contribution in [2.45, 2.75) is 19.1 Å². The van der Waals surface area contributed by atoms with Crippen molar-refractivity contribution in [3.63, 3.8) is 0 Å². The van der Waals surface area contributed by atoms with E-state index in [9.17, 15) is 14.7 Å². The first kappa shape index (κ1) is 18.4. The Hall–Kier alpha value is -2.92. The summed E-state index contributed by atoms with van der Waals surface area (Å²) in [6.45, 7) is 5.52. The quantitative estimate of drug-likeness (QED) is 0.677. The van der Waals surface area contributed by atoms with E-state index in [-0.39, 0.29) is 18.4 Å². The molecule has 0 spiro atoms. The molecule has 0 aliphatic rings. The van der Waals surface area contributed by atoms with Gasteiger partial charge in [0.15, 0.2) is 0 Å². The molecule has 0 saturated carbocycles. The molecule has 2 aromatic rings. The molecule has 0 aliphatic carbocycles. The number of hydrogen-bond donors (Lipinski definition) is 3. The van der Waals surface area contributed by atoms with E-state index >= 15 is 0 Å². The normalized spacial score (nSPS) is 12.7. The van der Waals surface area contributed by atoms with Crippen LogP contribution in [0.15, 0.2) is 67.3 Å². The fourth-order valence-corrected chi connectivity index (χ4v) is 2.29. The smallest absolute Gasteiger partial charge is 0.251 e. The average molecular weight is 338 g/mol. The van der Waals surface area contributed by atoms with Gasteiger partial charge in [0.25, 0.3) is 5.91 Å². The summed E-state index contributed by atoms with van der Waals surface area (Å²) in [4.78, 5) is 23.4. The highest BCUT2D eigenvalue weighted by Crippen LogP contribution is 2.19. The summed E-state index contributed by atoms with van der Waals surface area (Å²) in [5.74, 6) is -0.511. The summed E-state index contributed by atoms with van der Waals surface area (Å²) in [6, 6.07) is 16.1. The molecule has 0 aliphatic heterocycles. The van der Waals surface area contributed by atoms with Gasteiger partial charge in [0.1, 0.15) is 5.60 Å². The molecule has 0 bridgehead atoms. The van der Waals surface area contributed by atoms with Crippen LogP contribution < -0.4 is 10.6 Å². The summed E-state index contributed by atoms with van der Waals surface area (Å²) in [7, 11) is 0. The minimum absolute atomic E-state index is 0.104. The minimum atomic E-state index is -1.15. The zero-order valence-corrected chi connectivity index (χ0v) is 14.2. The summed E-state index contributed by atoms with van der Waals surface area (Å²) < 4.78 is 0. The molecule has 0 heterocycles. The van der Waals surface area contributed by atoms with Gasteiger partial charge in [0, 0.05) is 12.1 Å². The van der Waals surface area contributed by atoms with Gasteiger partial charge in [0.2, 0.25) is 5.91 Å². The largest absolute Gasteiger partial charge is 0.384 e. The first-order valence-corrected chi connectivity index (χ1v) is 7.98. The van der Waals surface area contributed by atoms with Crippen molar-refractivity contribution in [1.82, 2.24) is 10.6 Å². The molecular weight excluding hydrogens is 316 g/mol. The first-order chi connectivity index (χ1) is 11.9. The van der Waals surface area contributed by atoms with Gasteiger partial charge in [0.05, 0.1) is 6.54 Å².